The third-order valence-electron chi connectivity index (χ3n) is 5.29. The minimum atomic E-state index is -0.579. The molecule has 8 heteroatoms. The van der Waals surface area contributed by atoms with Gasteiger partial charge in [-0.2, -0.15) is 9.36 Å². The number of rotatable bonds is 3. The van der Waals surface area contributed by atoms with Crippen LogP contribution < -0.4 is 4.90 Å². The van der Waals surface area contributed by atoms with Gasteiger partial charge < -0.3 is 14.5 Å². The maximum absolute atomic E-state index is 12.8. The summed E-state index contributed by atoms with van der Waals surface area (Å²) >= 11 is 3.06. The molecule has 3 saturated heterocycles. The number of aromatic nitrogens is 2. The zero-order chi connectivity index (χ0) is 16.0. The standard InChI is InChI=1S/C15H22N4O2S2/c1-15(4-3-5-21-15)12(20)18-6-10-8-19(9-11(10)7-18)14-16-13(22-2)17-23-14/h10-11H,3-9H2,1-2H3/t10-,11+,15?. The number of fused-ring (bicyclic) bond motifs is 1. The summed E-state index contributed by atoms with van der Waals surface area (Å²) in [6.07, 6.45) is 3.84. The molecule has 0 N–H and O–H groups in total. The molecule has 3 atom stereocenters. The van der Waals surface area contributed by atoms with Gasteiger partial charge in [-0.3, -0.25) is 4.79 Å². The van der Waals surface area contributed by atoms with E-state index in [9.17, 15) is 4.79 Å². The Morgan fingerprint density at radius 1 is 1.35 bits per heavy atom. The number of likely N-dealkylation sites (tertiary alicyclic amines) is 1. The van der Waals surface area contributed by atoms with E-state index in [-0.39, 0.29) is 5.91 Å². The van der Waals surface area contributed by atoms with E-state index >= 15 is 0 Å². The first-order chi connectivity index (χ1) is 11.1. The van der Waals surface area contributed by atoms with Crippen LogP contribution in [-0.2, 0) is 9.53 Å². The monoisotopic (exact) mass is 354 g/mol. The highest BCUT2D eigenvalue weighted by Gasteiger charge is 2.47. The van der Waals surface area contributed by atoms with Crippen LogP contribution in [0.5, 0.6) is 0 Å². The van der Waals surface area contributed by atoms with Gasteiger partial charge in [-0.1, -0.05) is 11.8 Å². The lowest BCUT2D eigenvalue weighted by molar-refractivity contribution is -0.150. The van der Waals surface area contributed by atoms with Crippen molar-refractivity contribution in [3.8, 4) is 0 Å². The molecule has 0 bridgehead atoms. The van der Waals surface area contributed by atoms with Crippen molar-refractivity contribution in [2.75, 3.05) is 43.9 Å². The minimum absolute atomic E-state index is 0.191. The molecule has 1 aromatic heterocycles. The van der Waals surface area contributed by atoms with E-state index in [1.54, 1.807) is 11.8 Å². The predicted molar refractivity (Wildman–Crippen MR) is 91.1 cm³/mol. The lowest BCUT2D eigenvalue weighted by atomic mass is 10.0. The molecule has 1 unspecified atom stereocenters. The van der Waals surface area contributed by atoms with Crippen molar-refractivity contribution in [1.82, 2.24) is 14.3 Å². The molecule has 3 aliphatic rings. The molecule has 0 radical (unpaired) electrons. The molecule has 0 spiro atoms. The Bertz CT molecular complexity index is 588. The van der Waals surface area contributed by atoms with E-state index in [2.05, 4.69) is 14.3 Å². The molecule has 1 amide bonds. The van der Waals surface area contributed by atoms with Gasteiger partial charge in [-0.05, 0) is 26.0 Å². The van der Waals surface area contributed by atoms with Crippen LogP contribution >= 0.6 is 23.3 Å². The lowest BCUT2D eigenvalue weighted by Crippen LogP contribution is -2.46. The summed E-state index contributed by atoms with van der Waals surface area (Å²) in [4.78, 5) is 21.7. The van der Waals surface area contributed by atoms with Gasteiger partial charge in [-0.15, -0.1) is 0 Å². The normalized spacial score (nSPS) is 33.5. The van der Waals surface area contributed by atoms with E-state index < -0.39 is 5.60 Å². The topological polar surface area (TPSA) is 58.6 Å². The number of ether oxygens (including phenoxy) is 1. The third-order valence-corrected chi connectivity index (χ3v) is 6.73. The first kappa shape index (κ1) is 15.7. The quantitative estimate of drug-likeness (QED) is 0.771. The van der Waals surface area contributed by atoms with Crippen LogP contribution in [-0.4, -0.2) is 64.8 Å². The Morgan fingerprint density at radius 3 is 2.65 bits per heavy atom. The summed E-state index contributed by atoms with van der Waals surface area (Å²) in [5.41, 5.74) is -0.579. The van der Waals surface area contributed by atoms with Crippen LogP contribution in [0.25, 0.3) is 0 Å². The summed E-state index contributed by atoms with van der Waals surface area (Å²) < 4.78 is 10.1. The molecule has 0 aromatic carbocycles. The lowest BCUT2D eigenvalue weighted by Gasteiger charge is -2.29. The SMILES string of the molecule is CSc1nsc(N2C[C@H]3CN(C(=O)C4(C)CCCO4)C[C@H]3C2)n1. The molecule has 4 heterocycles. The molecule has 3 fully saturated rings. The molecule has 126 valence electrons. The van der Waals surface area contributed by atoms with Gasteiger partial charge in [0, 0.05) is 56.2 Å². The smallest absolute Gasteiger partial charge is 0.254 e. The van der Waals surface area contributed by atoms with E-state index in [4.69, 9.17) is 4.74 Å². The maximum atomic E-state index is 12.8. The molecular weight excluding hydrogens is 332 g/mol. The number of hydrogen-bond donors (Lipinski definition) is 0. The van der Waals surface area contributed by atoms with E-state index in [0.717, 1.165) is 49.3 Å². The van der Waals surface area contributed by atoms with Crippen LogP contribution in [0.2, 0.25) is 0 Å². The number of carbonyl (C=O) groups excluding carboxylic acids is 1. The molecular formula is C15H22N4O2S2. The highest BCUT2D eigenvalue weighted by molar-refractivity contribution is 7.98. The van der Waals surface area contributed by atoms with Gasteiger partial charge in [0.15, 0.2) is 0 Å². The molecule has 23 heavy (non-hydrogen) atoms. The Balaban J connectivity index is 1.39. The fraction of sp³-hybridized carbons (Fsp3) is 0.800. The fourth-order valence-electron chi connectivity index (χ4n) is 4.01. The van der Waals surface area contributed by atoms with Crippen molar-refractivity contribution in [3.63, 3.8) is 0 Å². The van der Waals surface area contributed by atoms with Crippen molar-refractivity contribution in [1.29, 1.82) is 0 Å². The van der Waals surface area contributed by atoms with Crippen LogP contribution in [0.1, 0.15) is 19.8 Å². The van der Waals surface area contributed by atoms with Crippen LogP contribution in [0.4, 0.5) is 5.13 Å². The average Bonchev–Trinajstić information content (AvgIpc) is 3.28. The Labute approximate surface area is 144 Å². The summed E-state index contributed by atoms with van der Waals surface area (Å²) in [5, 5.41) is 1.87. The zero-order valence-corrected chi connectivity index (χ0v) is 15.2. The molecule has 0 saturated carbocycles. The summed E-state index contributed by atoms with van der Waals surface area (Å²) in [5.74, 6) is 1.28. The number of anilines is 1. The zero-order valence-electron chi connectivity index (χ0n) is 13.5. The fourth-order valence-corrected chi connectivity index (χ4v) is 5.25. The minimum Gasteiger partial charge on any atom is -0.365 e. The van der Waals surface area contributed by atoms with Crippen molar-refractivity contribution in [2.45, 2.75) is 30.5 Å². The van der Waals surface area contributed by atoms with Crippen molar-refractivity contribution >= 4 is 34.3 Å². The van der Waals surface area contributed by atoms with Gasteiger partial charge in [0.25, 0.3) is 5.91 Å². The van der Waals surface area contributed by atoms with E-state index in [1.165, 1.54) is 11.5 Å². The molecule has 3 aliphatic heterocycles. The Hall–Kier alpha value is -0.860. The first-order valence-corrected chi connectivity index (χ1v) is 10.1. The van der Waals surface area contributed by atoms with Crippen LogP contribution in [0.15, 0.2) is 5.16 Å². The van der Waals surface area contributed by atoms with Crippen molar-refractivity contribution in [2.24, 2.45) is 11.8 Å². The van der Waals surface area contributed by atoms with E-state index in [1.807, 2.05) is 18.1 Å². The predicted octanol–water partition coefficient (Wildman–Crippen LogP) is 1.72. The largest absolute Gasteiger partial charge is 0.365 e. The number of amides is 1. The van der Waals surface area contributed by atoms with Gasteiger partial charge in [-0.25, -0.2) is 0 Å². The second-order valence-corrected chi connectivity index (χ2v) is 8.39. The van der Waals surface area contributed by atoms with Gasteiger partial charge in [0.1, 0.15) is 5.60 Å². The summed E-state index contributed by atoms with van der Waals surface area (Å²) in [6, 6.07) is 0. The van der Waals surface area contributed by atoms with Crippen molar-refractivity contribution in [3.05, 3.63) is 0 Å². The molecule has 1 aromatic rings. The Kier molecular flexibility index (Phi) is 4.01. The number of nitrogens with zero attached hydrogens (tertiary/aromatic N) is 4. The second-order valence-electron chi connectivity index (χ2n) is 6.88. The molecule has 4 rings (SSSR count). The summed E-state index contributed by atoms with van der Waals surface area (Å²) in [7, 11) is 0. The number of hydrogen-bond acceptors (Lipinski definition) is 7. The highest BCUT2D eigenvalue weighted by Crippen LogP contribution is 2.37. The highest BCUT2D eigenvalue weighted by atomic mass is 32.2. The molecule has 6 nitrogen and oxygen atoms in total. The van der Waals surface area contributed by atoms with Gasteiger partial charge in [0.05, 0.1) is 0 Å². The Morgan fingerprint density at radius 2 is 2.09 bits per heavy atom. The van der Waals surface area contributed by atoms with Gasteiger partial charge >= 0.3 is 0 Å². The average molecular weight is 355 g/mol. The van der Waals surface area contributed by atoms with Crippen molar-refractivity contribution < 1.29 is 9.53 Å². The number of carbonyl (C=O) groups is 1. The third kappa shape index (κ3) is 2.74. The summed E-state index contributed by atoms with van der Waals surface area (Å²) in [6.45, 7) is 6.34. The maximum Gasteiger partial charge on any atom is 0.254 e. The van der Waals surface area contributed by atoms with Crippen LogP contribution in [0.3, 0.4) is 0 Å². The first-order valence-electron chi connectivity index (χ1n) is 8.15. The number of thioether (sulfide) groups is 1. The van der Waals surface area contributed by atoms with Crippen LogP contribution in [0, 0.1) is 11.8 Å². The van der Waals surface area contributed by atoms with Gasteiger partial charge in [0.2, 0.25) is 10.3 Å². The van der Waals surface area contributed by atoms with E-state index in [0.29, 0.717) is 18.4 Å². The molecule has 0 aliphatic carbocycles. The second kappa shape index (κ2) is 5.89.